The fourth-order valence-corrected chi connectivity index (χ4v) is 7.77. The van der Waals surface area contributed by atoms with E-state index in [1.807, 2.05) is 6.08 Å². The second-order valence-electron chi connectivity index (χ2n) is 13.8. The molecule has 1 aromatic heterocycles. The Bertz CT molecular complexity index is 2330. The lowest BCUT2D eigenvalue weighted by Crippen LogP contribution is -2.09. The van der Waals surface area contributed by atoms with Gasteiger partial charge in [0.1, 0.15) is 5.76 Å². The van der Waals surface area contributed by atoms with Crippen LogP contribution in [0.5, 0.6) is 0 Å². The Kier molecular flexibility index (Phi) is 9.03. The van der Waals surface area contributed by atoms with E-state index in [1.165, 1.54) is 44.2 Å². The van der Waals surface area contributed by atoms with Gasteiger partial charge >= 0.3 is 0 Å². The highest BCUT2D eigenvalue weighted by Gasteiger charge is 2.22. The van der Waals surface area contributed by atoms with Crippen molar-refractivity contribution in [3.8, 4) is 5.69 Å². The van der Waals surface area contributed by atoms with Crippen LogP contribution in [0.1, 0.15) is 56.4 Å². The standard InChI is InChI=1S/C48H44N2O/c1-34-15-11-12-29-49(41-20-5-3-6-21-41)30-28-43(48(51)35(34)2)40-19-14-18-38(32-40)36-16-13-17-37(31-36)39-26-27-47-45(33-39)44-24-9-10-25-46(44)50(47)42-22-7-4-8-23-42/h4-5,7-10,12-13,16-17,19-30,32-33,37,51H,1-3,6,11,14-15,18,31H2/b29-12-,30-28-,48-43-. The molecule has 8 rings (SSSR count). The number of benzene rings is 3. The van der Waals surface area contributed by atoms with Crippen molar-refractivity contribution in [3.05, 3.63) is 210 Å². The minimum atomic E-state index is 0.202. The highest BCUT2D eigenvalue weighted by atomic mass is 16.3. The van der Waals surface area contributed by atoms with Crippen molar-refractivity contribution in [2.75, 3.05) is 0 Å². The van der Waals surface area contributed by atoms with Crippen LogP contribution in [-0.2, 0) is 0 Å². The van der Waals surface area contributed by atoms with Gasteiger partial charge in [0.15, 0.2) is 0 Å². The van der Waals surface area contributed by atoms with Crippen molar-refractivity contribution in [1.29, 1.82) is 0 Å². The second-order valence-corrected chi connectivity index (χ2v) is 13.8. The van der Waals surface area contributed by atoms with E-state index in [-0.39, 0.29) is 11.7 Å². The van der Waals surface area contributed by atoms with Gasteiger partial charge in [0.25, 0.3) is 0 Å². The van der Waals surface area contributed by atoms with Gasteiger partial charge in [-0.15, -0.1) is 0 Å². The van der Waals surface area contributed by atoms with Crippen LogP contribution in [0.3, 0.4) is 0 Å². The maximum Gasteiger partial charge on any atom is 0.130 e. The molecule has 3 heteroatoms. The molecule has 3 aromatic carbocycles. The summed E-state index contributed by atoms with van der Waals surface area (Å²) in [5.41, 5.74) is 12.1. The van der Waals surface area contributed by atoms with Crippen LogP contribution in [-0.4, -0.2) is 14.6 Å². The molecule has 3 nitrogen and oxygen atoms in total. The Morgan fingerprint density at radius 2 is 1.57 bits per heavy atom. The molecule has 0 amide bonds. The first kappa shape index (κ1) is 32.4. The van der Waals surface area contributed by atoms with Crippen molar-refractivity contribution in [1.82, 2.24) is 9.47 Å². The summed E-state index contributed by atoms with van der Waals surface area (Å²) < 4.78 is 2.37. The molecule has 0 radical (unpaired) electrons. The third kappa shape index (κ3) is 6.48. The van der Waals surface area contributed by atoms with E-state index in [4.69, 9.17) is 0 Å². The highest BCUT2D eigenvalue weighted by Crippen LogP contribution is 2.40. The first-order valence-corrected chi connectivity index (χ1v) is 18.2. The van der Waals surface area contributed by atoms with Crippen molar-refractivity contribution < 1.29 is 5.11 Å². The van der Waals surface area contributed by atoms with Crippen LogP contribution >= 0.6 is 0 Å². The maximum atomic E-state index is 11.7. The average Bonchev–Trinajstić information content (AvgIpc) is 3.51. The Morgan fingerprint density at radius 3 is 2.43 bits per heavy atom. The lowest BCUT2D eigenvalue weighted by molar-refractivity contribution is 0.421. The highest BCUT2D eigenvalue weighted by molar-refractivity contribution is 6.09. The van der Waals surface area contributed by atoms with Crippen molar-refractivity contribution in [2.24, 2.45) is 0 Å². The predicted octanol–water partition coefficient (Wildman–Crippen LogP) is 12.7. The first-order valence-electron chi connectivity index (χ1n) is 18.2. The number of aliphatic hydroxyl groups excluding tert-OH is 1. The zero-order chi connectivity index (χ0) is 34.7. The predicted molar refractivity (Wildman–Crippen MR) is 215 cm³/mol. The lowest BCUT2D eigenvalue weighted by Gasteiger charge is -2.24. The van der Waals surface area contributed by atoms with Crippen LogP contribution in [0.2, 0.25) is 0 Å². The molecular formula is C48H44N2O. The third-order valence-corrected chi connectivity index (χ3v) is 10.6. The average molecular weight is 665 g/mol. The number of aromatic nitrogens is 1. The molecule has 1 atom stereocenters. The van der Waals surface area contributed by atoms with E-state index in [9.17, 15) is 5.11 Å². The molecular weight excluding hydrogens is 621 g/mol. The number of rotatable bonds is 5. The quantitative estimate of drug-likeness (QED) is 0.230. The van der Waals surface area contributed by atoms with Gasteiger partial charge in [-0.25, -0.2) is 0 Å². The summed E-state index contributed by atoms with van der Waals surface area (Å²) in [4.78, 5) is 2.15. The van der Waals surface area contributed by atoms with E-state index in [2.05, 4.69) is 163 Å². The molecule has 3 aliphatic carbocycles. The van der Waals surface area contributed by atoms with Crippen molar-refractivity contribution in [3.63, 3.8) is 0 Å². The first-order chi connectivity index (χ1) is 25.0. The molecule has 4 aromatic rings. The fourth-order valence-electron chi connectivity index (χ4n) is 7.77. The molecule has 1 N–H and O–H groups in total. The van der Waals surface area contributed by atoms with Gasteiger partial charge in [-0.05, 0) is 115 Å². The monoisotopic (exact) mass is 664 g/mol. The van der Waals surface area contributed by atoms with Crippen LogP contribution in [0, 0.1) is 0 Å². The van der Waals surface area contributed by atoms with Gasteiger partial charge in [0.05, 0.1) is 11.0 Å². The zero-order valence-corrected chi connectivity index (χ0v) is 29.1. The summed E-state index contributed by atoms with van der Waals surface area (Å²) in [6.07, 6.45) is 32.9. The minimum Gasteiger partial charge on any atom is -0.507 e. The summed E-state index contributed by atoms with van der Waals surface area (Å²) in [5.74, 6) is 0.474. The van der Waals surface area contributed by atoms with Crippen LogP contribution in [0.25, 0.3) is 27.5 Å². The Balaban J connectivity index is 1.11. The molecule has 51 heavy (non-hydrogen) atoms. The number of allylic oxidation sites excluding steroid dienone is 15. The number of nitrogens with zero attached hydrogens (tertiary/aromatic N) is 2. The molecule has 0 spiro atoms. The summed E-state index contributed by atoms with van der Waals surface area (Å²) in [5, 5.41) is 14.3. The topological polar surface area (TPSA) is 28.4 Å². The SMILES string of the molecule is C=C1CC/C=C\N(C2=CCCC=C2)/C=C\C(C2=CCCC(C3=CC=CC(c4ccc5c(c4)c4ccccc4n5-c4ccccc4)C3)=C2)=C(\O)C1=C. The maximum absolute atomic E-state index is 11.7. The summed E-state index contributed by atoms with van der Waals surface area (Å²) in [7, 11) is 0. The molecule has 252 valence electrons. The van der Waals surface area contributed by atoms with Crippen LogP contribution in [0.15, 0.2) is 204 Å². The molecule has 4 aliphatic rings. The van der Waals surface area contributed by atoms with Crippen LogP contribution in [0.4, 0.5) is 0 Å². The molecule has 0 fully saturated rings. The molecule has 0 bridgehead atoms. The normalized spacial score (nSPS) is 22.7. The summed E-state index contributed by atoms with van der Waals surface area (Å²) in [6.45, 7) is 8.55. The van der Waals surface area contributed by atoms with Crippen molar-refractivity contribution in [2.45, 2.75) is 50.9 Å². The number of hydrogen-bond acceptors (Lipinski definition) is 2. The Labute approximate surface area is 301 Å². The largest absolute Gasteiger partial charge is 0.507 e. The summed E-state index contributed by atoms with van der Waals surface area (Å²) >= 11 is 0. The zero-order valence-electron chi connectivity index (χ0n) is 29.1. The van der Waals surface area contributed by atoms with Gasteiger partial charge in [-0.3, -0.25) is 0 Å². The van der Waals surface area contributed by atoms with E-state index in [1.54, 1.807) is 0 Å². The Hall–Kier alpha value is -5.80. The number of para-hydroxylation sites is 2. The Morgan fingerprint density at radius 1 is 0.725 bits per heavy atom. The van der Waals surface area contributed by atoms with E-state index >= 15 is 0 Å². The van der Waals surface area contributed by atoms with Crippen LogP contribution < -0.4 is 0 Å². The van der Waals surface area contributed by atoms with E-state index < -0.39 is 0 Å². The van der Waals surface area contributed by atoms with Gasteiger partial charge in [-0.1, -0.05) is 104 Å². The van der Waals surface area contributed by atoms with E-state index in [0.717, 1.165) is 67.4 Å². The summed E-state index contributed by atoms with van der Waals surface area (Å²) in [6, 6.07) is 26.4. The van der Waals surface area contributed by atoms with Gasteiger partial charge in [-0.2, -0.15) is 0 Å². The number of aliphatic hydroxyl groups is 1. The minimum absolute atomic E-state index is 0.202. The second kappa shape index (κ2) is 14.2. The lowest BCUT2D eigenvalue weighted by atomic mass is 9.81. The van der Waals surface area contributed by atoms with Gasteiger partial charge in [0, 0.05) is 51.6 Å². The van der Waals surface area contributed by atoms with Crippen molar-refractivity contribution >= 4 is 21.8 Å². The van der Waals surface area contributed by atoms with Gasteiger partial charge < -0.3 is 14.6 Å². The molecule has 0 saturated carbocycles. The fraction of sp³-hybridized carbons (Fsp3) is 0.167. The molecule has 1 unspecified atom stereocenters. The number of fused-ring (bicyclic) bond motifs is 3. The van der Waals surface area contributed by atoms with Gasteiger partial charge in [0.2, 0.25) is 0 Å². The number of hydrogen-bond donors (Lipinski definition) is 1. The third-order valence-electron chi connectivity index (χ3n) is 10.6. The molecule has 1 aliphatic heterocycles. The molecule has 0 saturated heterocycles. The van der Waals surface area contributed by atoms with E-state index in [0.29, 0.717) is 5.57 Å². The molecule has 2 heterocycles. The smallest absolute Gasteiger partial charge is 0.130 e.